The maximum atomic E-state index is 11.5. The third kappa shape index (κ3) is 4.11. The first kappa shape index (κ1) is 19.4. The molecule has 3 rings (SSSR count). The molecule has 0 N–H and O–H groups in total. The third-order valence-corrected chi connectivity index (χ3v) is 4.69. The van der Waals surface area contributed by atoms with Crippen molar-refractivity contribution in [3.63, 3.8) is 0 Å². The Hall–Kier alpha value is -3.41. The number of rotatable bonds is 7. The van der Waals surface area contributed by atoms with Gasteiger partial charge in [-0.1, -0.05) is 48.6 Å². The Kier molecular flexibility index (Phi) is 5.89. The van der Waals surface area contributed by atoms with Gasteiger partial charge in [0.15, 0.2) is 0 Å². The fraction of sp³-hybridized carbons (Fsp3) is 0.227. The van der Waals surface area contributed by atoms with Crippen LogP contribution in [0.15, 0.2) is 60.9 Å². The number of hydrogen-bond donors (Lipinski definition) is 0. The molecule has 0 spiro atoms. The fourth-order valence-electron chi connectivity index (χ4n) is 3.22. The fourth-order valence-corrected chi connectivity index (χ4v) is 3.22. The van der Waals surface area contributed by atoms with Crippen molar-refractivity contribution in [3.8, 4) is 11.3 Å². The monoisotopic (exact) mass is 376 g/mol. The Morgan fingerprint density at radius 2 is 1.89 bits per heavy atom. The van der Waals surface area contributed by atoms with Gasteiger partial charge in [0.05, 0.1) is 22.5 Å². The van der Waals surface area contributed by atoms with Crippen molar-refractivity contribution in [2.24, 2.45) is 0 Å². The second-order valence-corrected chi connectivity index (χ2v) is 6.80. The molecule has 0 aliphatic heterocycles. The van der Waals surface area contributed by atoms with Gasteiger partial charge in [0.25, 0.3) is 5.69 Å². The minimum Gasteiger partial charge on any atom is -0.372 e. The van der Waals surface area contributed by atoms with Gasteiger partial charge in [-0.2, -0.15) is 0 Å². The third-order valence-electron chi connectivity index (χ3n) is 4.69. The number of aromatic nitrogens is 2. The Labute approximate surface area is 164 Å². The topological polar surface area (TPSA) is 64.2 Å². The second-order valence-electron chi connectivity index (χ2n) is 6.80. The van der Waals surface area contributed by atoms with Gasteiger partial charge in [-0.25, -0.2) is 4.98 Å². The van der Waals surface area contributed by atoms with Gasteiger partial charge >= 0.3 is 0 Å². The first-order valence-corrected chi connectivity index (χ1v) is 9.17. The lowest BCUT2D eigenvalue weighted by Gasteiger charge is -2.13. The first-order chi connectivity index (χ1) is 13.5. The number of nitro groups is 1. The number of nitro benzene ring substituents is 1. The highest BCUT2D eigenvalue weighted by Crippen LogP contribution is 2.31. The Morgan fingerprint density at radius 3 is 2.57 bits per heavy atom. The number of allylic oxidation sites excluding steroid dienone is 1. The van der Waals surface area contributed by atoms with Crippen LogP contribution in [-0.4, -0.2) is 28.6 Å². The van der Waals surface area contributed by atoms with Crippen molar-refractivity contribution >= 4 is 17.5 Å². The van der Waals surface area contributed by atoms with Crippen molar-refractivity contribution in [2.45, 2.75) is 19.9 Å². The molecule has 3 aromatic rings. The molecule has 0 aliphatic carbocycles. The molecule has 144 valence electrons. The second kappa shape index (κ2) is 8.52. The molecule has 0 unspecified atom stereocenters. The van der Waals surface area contributed by atoms with E-state index in [0.717, 1.165) is 29.9 Å². The molecule has 0 saturated heterocycles. The van der Waals surface area contributed by atoms with E-state index in [1.807, 2.05) is 56.8 Å². The Balaban J connectivity index is 1.73. The van der Waals surface area contributed by atoms with Gasteiger partial charge < -0.3 is 9.47 Å². The minimum atomic E-state index is -0.318. The number of anilines is 1. The van der Waals surface area contributed by atoms with E-state index in [9.17, 15) is 10.1 Å². The zero-order chi connectivity index (χ0) is 20.1. The first-order valence-electron chi connectivity index (χ1n) is 9.17. The number of para-hydroxylation sites is 1. The van der Waals surface area contributed by atoms with Crippen molar-refractivity contribution in [1.82, 2.24) is 9.55 Å². The summed E-state index contributed by atoms with van der Waals surface area (Å²) in [6.07, 6.45) is 6.41. The number of imidazole rings is 1. The zero-order valence-corrected chi connectivity index (χ0v) is 16.4. The summed E-state index contributed by atoms with van der Waals surface area (Å²) in [5.74, 6) is 0. The summed E-state index contributed by atoms with van der Waals surface area (Å²) in [6.45, 7) is 2.83. The number of aryl methyl sites for hydroxylation is 1. The molecule has 0 bridgehead atoms. The van der Waals surface area contributed by atoms with Crippen LogP contribution in [0.25, 0.3) is 17.3 Å². The maximum absolute atomic E-state index is 11.5. The van der Waals surface area contributed by atoms with Crippen LogP contribution in [0, 0.1) is 17.0 Å². The van der Waals surface area contributed by atoms with Crippen LogP contribution in [0.2, 0.25) is 0 Å². The largest absolute Gasteiger partial charge is 0.372 e. The highest BCUT2D eigenvalue weighted by Gasteiger charge is 2.19. The van der Waals surface area contributed by atoms with E-state index < -0.39 is 0 Å². The van der Waals surface area contributed by atoms with Crippen molar-refractivity contribution in [3.05, 3.63) is 82.3 Å². The molecule has 0 fully saturated rings. The minimum absolute atomic E-state index is 0.133. The summed E-state index contributed by atoms with van der Waals surface area (Å²) >= 11 is 0. The van der Waals surface area contributed by atoms with Crippen LogP contribution in [0.5, 0.6) is 0 Å². The average molecular weight is 376 g/mol. The van der Waals surface area contributed by atoms with Crippen LogP contribution in [-0.2, 0) is 6.54 Å². The van der Waals surface area contributed by atoms with Gasteiger partial charge in [-0.3, -0.25) is 10.1 Å². The molecule has 0 aliphatic rings. The maximum Gasteiger partial charge on any atom is 0.299 e. The van der Waals surface area contributed by atoms with E-state index >= 15 is 0 Å². The predicted octanol–water partition coefficient (Wildman–Crippen LogP) is 4.94. The lowest BCUT2D eigenvalue weighted by atomic mass is 10.1. The summed E-state index contributed by atoms with van der Waals surface area (Å²) in [7, 11) is 3.62. The standard InChI is InChI=1S/C22H24N4O2/c1-17-21(18-10-5-4-6-11-18)23-16-25(17)15-8-7-12-19-13-9-14-20(24(2)3)22(19)26(27)28/h4-7,9-14,16H,8,15H2,1-3H3/b12-7+. The predicted molar refractivity (Wildman–Crippen MR) is 113 cm³/mol. The Bertz CT molecular complexity index is 991. The number of hydrogen-bond acceptors (Lipinski definition) is 4. The van der Waals surface area contributed by atoms with Crippen molar-refractivity contribution in [1.29, 1.82) is 0 Å². The lowest BCUT2D eigenvalue weighted by Crippen LogP contribution is -2.11. The summed E-state index contributed by atoms with van der Waals surface area (Å²) in [4.78, 5) is 17.5. The van der Waals surface area contributed by atoms with Crippen LogP contribution in [0.3, 0.4) is 0 Å². The lowest BCUT2D eigenvalue weighted by molar-refractivity contribution is -0.384. The molecule has 0 radical (unpaired) electrons. The van der Waals surface area contributed by atoms with Crippen LogP contribution in [0.1, 0.15) is 17.7 Å². The summed E-state index contributed by atoms with van der Waals surface area (Å²) < 4.78 is 2.11. The SMILES string of the molecule is Cc1c(-c2ccccc2)ncn1CC/C=C/c1cccc(N(C)C)c1[N+](=O)[O-]. The van der Waals surface area contributed by atoms with E-state index in [1.165, 1.54) is 0 Å². The molecule has 0 atom stereocenters. The molecule has 6 nitrogen and oxygen atoms in total. The van der Waals surface area contributed by atoms with Crippen molar-refractivity contribution in [2.75, 3.05) is 19.0 Å². The van der Waals surface area contributed by atoms with Crippen molar-refractivity contribution < 1.29 is 4.92 Å². The normalized spacial score (nSPS) is 11.1. The molecule has 28 heavy (non-hydrogen) atoms. The van der Waals surface area contributed by atoms with Crippen LogP contribution in [0.4, 0.5) is 11.4 Å². The van der Waals surface area contributed by atoms with E-state index in [4.69, 9.17) is 0 Å². The van der Waals surface area contributed by atoms with Gasteiger partial charge in [0.1, 0.15) is 5.69 Å². The highest BCUT2D eigenvalue weighted by molar-refractivity contribution is 5.74. The highest BCUT2D eigenvalue weighted by atomic mass is 16.6. The van der Waals surface area contributed by atoms with E-state index in [2.05, 4.69) is 28.6 Å². The van der Waals surface area contributed by atoms with Crippen LogP contribution >= 0.6 is 0 Å². The Morgan fingerprint density at radius 1 is 1.14 bits per heavy atom. The van der Waals surface area contributed by atoms with Gasteiger partial charge in [0.2, 0.25) is 0 Å². The molecule has 1 heterocycles. The zero-order valence-electron chi connectivity index (χ0n) is 16.4. The molecule has 6 heteroatoms. The molecule has 1 aromatic heterocycles. The van der Waals surface area contributed by atoms with Crippen LogP contribution < -0.4 is 4.90 Å². The smallest absolute Gasteiger partial charge is 0.299 e. The molecule has 2 aromatic carbocycles. The van der Waals surface area contributed by atoms with Gasteiger partial charge in [0, 0.05) is 31.9 Å². The molecule has 0 amide bonds. The van der Waals surface area contributed by atoms with Gasteiger partial charge in [-0.05, 0) is 25.5 Å². The number of benzene rings is 2. The van der Waals surface area contributed by atoms with E-state index in [0.29, 0.717) is 11.3 Å². The molecule has 0 saturated carbocycles. The van der Waals surface area contributed by atoms with Gasteiger partial charge in [-0.15, -0.1) is 0 Å². The molecular formula is C22H24N4O2. The van der Waals surface area contributed by atoms with E-state index in [1.54, 1.807) is 17.0 Å². The molecular weight excluding hydrogens is 352 g/mol. The summed E-state index contributed by atoms with van der Waals surface area (Å²) in [5.41, 5.74) is 4.55. The number of nitrogens with zero attached hydrogens (tertiary/aromatic N) is 4. The quantitative estimate of drug-likeness (QED) is 0.433. The summed E-state index contributed by atoms with van der Waals surface area (Å²) in [5, 5.41) is 11.5. The van der Waals surface area contributed by atoms with E-state index in [-0.39, 0.29) is 10.6 Å². The summed E-state index contributed by atoms with van der Waals surface area (Å²) in [6, 6.07) is 15.5. The average Bonchev–Trinajstić information content (AvgIpc) is 3.06.